The fraction of sp³-hybridized carbons (Fsp3) is 0.667. The first kappa shape index (κ1) is 19.0. The van der Waals surface area contributed by atoms with Crippen molar-refractivity contribution in [2.75, 3.05) is 19.9 Å². The van der Waals surface area contributed by atoms with E-state index in [1.54, 1.807) is 0 Å². The van der Waals surface area contributed by atoms with Crippen molar-refractivity contribution in [1.29, 1.82) is 0 Å². The van der Waals surface area contributed by atoms with Gasteiger partial charge >= 0.3 is 0 Å². The summed E-state index contributed by atoms with van der Waals surface area (Å²) in [5.41, 5.74) is 6.80. The summed E-state index contributed by atoms with van der Waals surface area (Å²) in [7, 11) is 0. The minimum Gasteiger partial charge on any atom is -0.454 e. The Labute approximate surface area is 156 Å². The number of carbonyl (C=O) groups excluding carboxylic acids is 1. The van der Waals surface area contributed by atoms with E-state index in [4.69, 9.17) is 15.2 Å². The minimum absolute atomic E-state index is 0.0223. The third kappa shape index (κ3) is 4.70. The molecular formula is C21H32N2O3. The van der Waals surface area contributed by atoms with Crippen molar-refractivity contribution in [3.63, 3.8) is 0 Å². The zero-order valence-electron chi connectivity index (χ0n) is 15.7. The van der Waals surface area contributed by atoms with Gasteiger partial charge in [-0.1, -0.05) is 38.2 Å². The monoisotopic (exact) mass is 360 g/mol. The first-order valence-corrected chi connectivity index (χ1v) is 10.1. The quantitative estimate of drug-likeness (QED) is 0.659. The van der Waals surface area contributed by atoms with Gasteiger partial charge in [0.2, 0.25) is 12.7 Å². The zero-order valence-corrected chi connectivity index (χ0v) is 15.7. The third-order valence-electron chi connectivity index (χ3n) is 5.78. The number of carbonyl (C=O) groups is 1. The SMILES string of the molecule is NCCCCCCC(=O)NCC1(c2ccc3c(c2)OCO3)CCCCC1. The van der Waals surface area contributed by atoms with E-state index in [9.17, 15) is 4.79 Å². The van der Waals surface area contributed by atoms with Crippen molar-refractivity contribution in [3.8, 4) is 11.5 Å². The van der Waals surface area contributed by atoms with E-state index in [1.807, 2.05) is 6.07 Å². The lowest BCUT2D eigenvalue weighted by molar-refractivity contribution is -0.121. The predicted molar refractivity (Wildman–Crippen MR) is 102 cm³/mol. The first-order chi connectivity index (χ1) is 12.7. The van der Waals surface area contributed by atoms with Crippen LogP contribution in [0.1, 0.15) is 69.8 Å². The van der Waals surface area contributed by atoms with E-state index in [1.165, 1.54) is 24.8 Å². The Kier molecular flexibility index (Phi) is 6.78. The van der Waals surface area contributed by atoms with Gasteiger partial charge in [0.15, 0.2) is 11.5 Å². The summed E-state index contributed by atoms with van der Waals surface area (Å²) in [5.74, 6) is 1.82. The van der Waals surface area contributed by atoms with Gasteiger partial charge < -0.3 is 20.5 Å². The summed E-state index contributed by atoms with van der Waals surface area (Å²) in [6.45, 7) is 1.76. The van der Waals surface area contributed by atoms with Crippen LogP contribution in [0.2, 0.25) is 0 Å². The van der Waals surface area contributed by atoms with Crippen molar-refractivity contribution in [3.05, 3.63) is 23.8 Å². The van der Waals surface area contributed by atoms with Crippen molar-refractivity contribution >= 4 is 5.91 Å². The molecule has 5 nitrogen and oxygen atoms in total. The highest BCUT2D eigenvalue weighted by molar-refractivity contribution is 5.76. The molecule has 1 aliphatic heterocycles. The van der Waals surface area contributed by atoms with Gasteiger partial charge in [0, 0.05) is 18.4 Å². The molecule has 0 saturated heterocycles. The van der Waals surface area contributed by atoms with E-state index in [2.05, 4.69) is 17.4 Å². The van der Waals surface area contributed by atoms with Crippen LogP contribution < -0.4 is 20.5 Å². The summed E-state index contributed by atoms with van der Waals surface area (Å²) in [4.78, 5) is 12.3. The van der Waals surface area contributed by atoms with E-state index in [0.717, 1.165) is 56.6 Å². The first-order valence-electron chi connectivity index (χ1n) is 10.1. The molecular weight excluding hydrogens is 328 g/mol. The van der Waals surface area contributed by atoms with Crippen LogP contribution in [0.5, 0.6) is 11.5 Å². The second-order valence-electron chi connectivity index (χ2n) is 7.64. The molecule has 1 heterocycles. The van der Waals surface area contributed by atoms with Crippen LogP contribution in [0.25, 0.3) is 0 Å². The minimum atomic E-state index is 0.0223. The Morgan fingerprint density at radius 1 is 1.04 bits per heavy atom. The third-order valence-corrected chi connectivity index (χ3v) is 5.78. The molecule has 0 bridgehead atoms. The molecule has 0 aromatic heterocycles. The lowest BCUT2D eigenvalue weighted by Gasteiger charge is -2.38. The molecule has 0 spiro atoms. The molecule has 3 N–H and O–H groups in total. The Hall–Kier alpha value is -1.75. The summed E-state index contributed by atoms with van der Waals surface area (Å²) in [6.07, 6.45) is 10.7. The number of nitrogens with two attached hydrogens (primary N) is 1. The maximum Gasteiger partial charge on any atom is 0.231 e. The number of hydrogen-bond acceptors (Lipinski definition) is 4. The number of nitrogens with one attached hydrogen (secondary N) is 1. The average Bonchev–Trinajstić information content (AvgIpc) is 3.15. The number of amides is 1. The Balaban J connectivity index is 1.58. The van der Waals surface area contributed by atoms with E-state index < -0.39 is 0 Å². The molecule has 1 fully saturated rings. The van der Waals surface area contributed by atoms with Crippen LogP contribution in [-0.2, 0) is 10.2 Å². The van der Waals surface area contributed by atoms with Crippen LogP contribution in [0, 0.1) is 0 Å². The molecule has 2 aliphatic rings. The number of unbranched alkanes of at least 4 members (excludes halogenated alkanes) is 3. The van der Waals surface area contributed by atoms with Gasteiger partial charge in [-0.2, -0.15) is 0 Å². The maximum absolute atomic E-state index is 12.3. The number of hydrogen-bond donors (Lipinski definition) is 2. The molecule has 0 atom stereocenters. The molecule has 0 unspecified atom stereocenters. The summed E-state index contributed by atoms with van der Waals surface area (Å²) >= 11 is 0. The predicted octanol–water partition coefficient (Wildman–Crippen LogP) is 3.64. The summed E-state index contributed by atoms with van der Waals surface area (Å²) in [5, 5.41) is 3.21. The highest BCUT2D eigenvalue weighted by atomic mass is 16.7. The van der Waals surface area contributed by atoms with Gasteiger partial charge in [0.05, 0.1) is 0 Å². The van der Waals surface area contributed by atoms with Gasteiger partial charge in [0.25, 0.3) is 0 Å². The van der Waals surface area contributed by atoms with Crippen molar-refractivity contribution < 1.29 is 14.3 Å². The lowest BCUT2D eigenvalue weighted by atomic mass is 9.69. The molecule has 1 saturated carbocycles. The topological polar surface area (TPSA) is 73.6 Å². The molecule has 1 aromatic carbocycles. The molecule has 3 rings (SSSR count). The van der Waals surface area contributed by atoms with Crippen LogP contribution >= 0.6 is 0 Å². The highest BCUT2D eigenvalue weighted by Crippen LogP contribution is 2.43. The molecule has 1 aliphatic carbocycles. The number of rotatable bonds is 9. The zero-order chi connectivity index (χ0) is 18.2. The molecule has 5 heteroatoms. The molecule has 1 amide bonds. The normalized spacial score (nSPS) is 17.9. The van der Waals surface area contributed by atoms with Crippen molar-refractivity contribution in [2.24, 2.45) is 5.73 Å². The molecule has 26 heavy (non-hydrogen) atoms. The van der Waals surface area contributed by atoms with Crippen LogP contribution in [0.3, 0.4) is 0 Å². The average molecular weight is 360 g/mol. The molecule has 0 radical (unpaired) electrons. The maximum atomic E-state index is 12.3. The van der Waals surface area contributed by atoms with Crippen LogP contribution in [-0.4, -0.2) is 25.8 Å². The number of ether oxygens (including phenoxy) is 2. The van der Waals surface area contributed by atoms with E-state index in [-0.39, 0.29) is 11.3 Å². The molecule has 1 aromatic rings. The van der Waals surface area contributed by atoms with E-state index in [0.29, 0.717) is 19.8 Å². The second-order valence-corrected chi connectivity index (χ2v) is 7.64. The summed E-state index contributed by atoms with van der Waals surface area (Å²) < 4.78 is 11.0. The highest BCUT2D eigenvalue weighted by Gasteiger charge is 2.35. The summed E-state index contributed by atoms with van der Waals surface area (Å²) in [6, 6.07) is 6.28. The van der Waals surface area contributed by atoms with Gasteiger partial charge in [0.1, 0.15) is 0 Å². The van der Waals surface area contributed by atoms with Gasteiger partial charge in [-0.3, -0.25) is 4.79 Å². The fourth-order valence-electron chi connectivity index (χ4n) is 4.16. The lowest BCUT2D eigenvalue weighted by Crippen LogP contribution is -2.42. The van der Waals surface area contributed by atoms with Gasteiger partial charge in [-0.15, -0.1) is 0 Å². The Bertz CT molecular complexity index is 597. The molecule has 144 valence electrons. The standard InChI is InChI=1S/C21H32N2O3/c22-13-7-2-1-4-8-20(24)23-15-21(11-5-3-6-12-21)17-9-10-18-19(14-17)26-16-25-18/h9-10,14H,1-8,11-13,15-16,22H2,(H,23,24). The smallest absolute Gasteiger partial charge is 0.231 e. The van der Waals surface area contributed by atoms with Crippen LogP contribution in [0.15, 0.2) is 18.2 Å². The van der Waals surface area contributed by atoms with E-state index >= 15 is 0 Å². The number of benzene rings is 1. The van der Waals surface area contributed by atoms with Crippen molar-refractivity contribution in [2.45, 2.75) is 69.6 Å². The van der Waals surface area contributed by atoms with Gasteiger partial charge in [-0.05, 0) is 49.9 Å². The van der Waals surface area contributed by atoms with Crippen LogP contribution in [0.4, 0.5) is 0 Å². The number of fused-ring (bicyclic) bond motifs is 1. The Morgan fingerprint density at radius 2 is 1.81 bits per heavy atom. The Morgan fingerprint density at radius 3 is 2.62 bits per heavy atom. The van der Waals surface area contributed by atoms with Crippen molar-refractivity contribution in [1.82, 2.24) is 5.32 Å². The largest absolute Gasteiger partial charge is 0.454 e. The fourth-order valence-corrected chi connectivity index (χ4v) is 4.16. The van der Waals surface area contributed by atoms with Gasteiger partial charge in [-0.25, -0.2) is 0 Å². The second kappa shape index (κ2) is 9.26.